The third-order valence-corrected chi connectivity index (χ3v) is 10.3. The van der Waals surface area contributed by atoms with Crippen LogP contribution in [-0.4, -0.2) is 11.7 Å². The quantitative estimate of drug-likeness (QED) is 0.175. The molecule has 0 amide bonds. The van der Waals surface area contributed by atoms with Crippen molar-refractivity contribution in [2.24, 2.45) is 4.99 Å². The lowest BCUT2D eigenvalue weighted by Gasteiger charge is -2.31. The number of allylic oxidation sites excluding steroid dienone is 1. The van der Waals surface area contributed by atoms with Gasteiger partial charge in [0.15, 0.2) is 16.3 Å². The maximum Gasteiger partial charge on any atom is 0.271 e. The number of halogens is 2. The molecule has 0 saturated carbocycles. The molecule has 0 radical (unpaired) electrons. The Morgan fingerprint density at radius 1 is 1.09 bits per heavy atom. The molecule has 1 atom stereocenters. The Kier molecular flexibility index (Phi) is 8.08. The van der Waals surface area contributed by atoms with Gasteiger partial charge in [0, 0.05) is 16.1 Å². The molecule has 9 heteroatoms. The van der Waals surface area contributed by atoms with Crippen molar-refractivity contribution in [2.45, 2.75) is 25.5 Å². The SMILES string of the molecule is COc1cc(C=c2sc3n(c2=O)C(c2ccccc2Cl)C2=C(N=3)c3ccccc3CC2)cc(I)c1OCc1ccccc1C#N. The number of hydrogen-bond donors (Lipinski definition) is 0. The van der Waals surface area contributed by atoms with Crippen molar-refractivity contribution < 1.29 is 9.47 Å². The number of nitriles is 1. The van der Waals surface area contributed by atoms with E-state index in [2.05, 4.69) is 46.9 Å². The first kappa shape index (κ1) is 29.5. The highest BCUT2D eigenvalue weighted by Crippen LogP contribution is 2.42. The van der Waals surface area contributed by atoms with Crippen LogP contribution in [0.25, 0.3) is 11.8 Å². The van der Waals surface area contributed by atoms with E-state index in [0.29, 0.717) is 31.4 Å². The van der Waals surface area contributed by atoms with E-state index in [1.54, 1.807) is 17.7 Å². The summed E-state index contributed by atoms with van der Waals surface area (Å²) in [6.45, 7) is 0.226. The Labute approximate surface area is 282 Å². The molecule has 2 aliphatic rings. The maximum absolute atomic E-state index is 14.2. The normalized spacial score (nSPS) is 15.4. The summed E-state index contributed by atoms with van der Waals surface area (Å²) in [5.74, 6) is 1.12. The molecule has 222 valence electrons. The van der Waals surface area contributed by atoms with E-state index < -0.39 is 0 Å². The maximum atomic E-state index is 14.2. The molecule has 0 fully saturated rings. The van der Waals surface area contributed by atoms with Crippen LogP contribution in [0.5, 0.6) is 11.5 Å². The van der Waals surface area contributed by atoms with Gasteiger partial charge >= 0.3 is 0 Å². The van der Waals surface area contributed by atoms with Crippen molar-refractivity contribution in [3.63, 3.8) is 0 Å². The van der Waals surface area contributed by atoms with Crippen molar-refractivity contribution in [3.8, 4) is 17.6 Å². The van der Waals surface area contributed by atoms with Crippen LogP contribution in [0, 0.1) is 14.9 Å². The highest BCUT2D eigenvalue weighted by atomic mass is 127. The fourth-order valence-corrected chi connectivity index (χ4v) is 8.04. The molecular weight excluding hydrogens is 717 g/mol. The molecule has 1 unspecified atom stereocenters. The Hall–Kier alpha value is -4.17. The lowest BCUT2D eigenvalue weighted by molar-refractivity contribution is 0.282. The first-order valence-corrected chi connectivity index (χ1v) is 16.6. The van der Waals surface area contributed by atoms with Crippen LogP contribution in [0.2, 0.25) is 5.02 Å². The van der Waals surface area contributed by atoms with E-state index >= 15 is 0 Å². The number of fused-ring (bicyclic) bond motifs is 3. The molecule has 0 spiro atoms. The summed E-state index contributed by atoms with van der Waals surface area (Å²) in [7, 11) is 1.59. The molecule has 1 aromatic heterocycles. The number of hydrogen-bond acceptors (Lipinski definition) is 6. The number of thiazole rings is 1. The van der Waals surface area contributed by atoms with Crippen molar-refractivity contribution in [2.75, 3.05) is 7.11 Å². The first-order chi connectivity index (χ1) is 22.0. The van der Waals surface area contributed by atoms with E-state index in [9.17, 15) is 10.1 Å². The monoisotopic (exact) mass is 741 g/mol. The third-order valence-electron chi connectivity index (χ3n) is 8.13. The summed E-state index contributed by atoms with van der Waals surface area (Å²) in [6, 6.07) is 29.1. The summed E-state index contributed by atoms with van der Waals surface area (Å²) in [4.78, 5) is 19.9. The lowest BCUT2D eigenvalue weighted by Crippen LogP contribution is -2.38. The molecule has 0 N–H and O–H groups in total. The molecule has 4 aromatic carbocycles. The predicted molar refractivity (Wildman–Crippen MR) is 185 cm³/mol. The molecule has 6 nitrogen and oxygen atoms in total. The van der Waals surface area contributed by atoms with E-state index in [1.807, 2.05) is 66.7 Å². The molecule has 1 aliphatic heterocycles. The number of benzene rings is 4. The topological polar surface area (TPSA) is 76.6 Å². The Balaban J connectivity index is 1.33. The minimum absolute atomic E-state index is 0.114. The van der Waals surface area contributed by atoms with Crippen molar-refractivity contribution >= 4 is 57.3 Å². The van der Waals surface area contributed by atoms with Crippen molar-refractivity contribution in [1.82, 2.24) is 4.57 Å². The molecule has 1 aliphatic carbocycles. The standard InChI is InChI=1S/C36H25ClIN3O3S/c1-43-30-17-21(16-29(38)34(30)44-20-24-10-3-2-9-23(24)19-39)18-31-35(42)41-33(26-12-6-7-13-28(26)37)27-15-14-22-8-4-5-11-25(22)32(27)40-36(41)45-31/h2-13,16-18,33H,14-15,20H2,1H3. The summed E-state index contributed by atoms with van der Waals surface area (Å²) in [5, 5.41) is 10.1. The Morgan fingerprint density at radius 2 is 1.87 bits per heavy atom. The van der Waals surface area contributed by atoms with Crippen LogP contribution < -0.4 is 24.4 Å². The molecular formula is C36H25ClIN3O3S. The fourth-order valence-electron chi connectivity index (χ4n) is 6.02. The number of methoxy groups -OCH3 is 1. The third kappa shape index (κ3) is 5.39. The van der Waals surface area contributed by atoms with Gasteiger partial charge in [0.1, 0.15) is 6.61 Å². The zero-order valence-electron chi connectivity index (χ0n) is 24.1. The van der Waals surface area contributed by atoms with Gasteiger partial charge in [0.2, 0.25) is 0 Å². The summed E-state index contributed by atoms with van der Waals surface area (Å²) >= 11 is 10.4. The van der Waals surface area contributed by atoms with Gasteiger partial charge in [0.05, 0.1) is 38.6 Å². The van der Waals surface area contributed by atoms with Gasteiger partial charge < -0.3 is 9.47 Å². The van der Waals surface area contributed by atoms with Crippen molar-refractivity contribution in [1.29, 1.82) is 5.26 Å². The number of ether oxygens (including phenoxy) is 2. The number of aromatic nitrogens is 1. The van der Waals surface area contributed by atoms with Crippen LogP contribution in [0.15, 0.2) is 100 Å². The van der Waals surface area contributed by atoms with E-state index in [1.165, 1.54) is 16.9 Å². The van der Waals surface area contributed by atoms with Gasteiger partial charge in [-0.1, -0.05) is 83.6 Å². The van der Waals surface area contributed by atoms with Crippen LogP contribution in [0.3, 0.4) is 0 Å². The lowest BCUT2D eigenvalue weighted by atomic mass is 9.83. The second kappa shape index (κ2) is 12.3. The average Bonchev–Trinajstić information content (AvgIpc) is 3.37. The number of rotatable bonds is 6. The summed E-state index contributed by atoms with van der Waals surface area (Å²) in [5.41, 5.74) is 7.36. The minimum atomic E-state index is -0.345. The molecule has 7 rings (SSSR count). The van der Waals surface area contributed by atoms with Crippen LogP contribution in [0.1, 0.15) is 45.8 Å². The molecule has 0 saturated heterocycles. The predicted octanol–water partition coefficient (Wildman–Crippen LogP) is 7.04. The molecule has 45 heavy (non-hydrogen) atoms. The van der Waals surface area contributed by atoms with Gasteiger partial charge in [-0.15, -0.1) is 0 Å². The van der Waals surface area contributed by atoms with Crippen LogP contribution in [-0.2, 0) is 13.0 Å². The van der Waals surface area contributed by atoms with Crippen LogP contribution >= 0.6 is 45.5 Å². The first-order valence-electron chi connectivity index (χ1n) is 14.3. The van der Waals surface area contributed by atoms with E-state index in [4.69, 9.17) is 26.1 Å². The van der Waals surface area contributed by atoms with E-state index in [-0.39, 0.29) is 18.2 Å². The van der Waals surface area contributed by atoms with E-state index in [0.717, 1.165) is 49.9 Å². The second-order valence-corrected chi connectivity index (χ2v) is 13.3. The van der Waals surface area contributed by atoms with Gasteiger partial charge in [-0.05, 0) is 88.0 Å². The van der Waals surface area contributed by atoms with Crippen LogP contribution in [0.4, 0.5) is 0 Å². The van der Waals surface area contributed by atoms with Gasteiger partial charge in [0.25, 0.3) is 5.56 Å². The fraction of sp³-hybridized carbons (Fsp3) is 0.139. The Morgan fingerprint density at radius 3 is 2.69 bits per heavy atom. The summed E-state index contributed by atoms with van der Waals surface area (Å²) in [6.07, 6.45) is 3.56. The molecule has 0 bridgehead atoms. The number of aryl methyl sites for hydroxylation is 1. The summed E-state index contributed by atoms with van der Waals surface area (Å²) < 4.78 is 15.0. The average molecular weight is 742 g/mol. The zero-order valence-corrected chi connectivity index (χ0v) is 27.8. The molecule has 5 aromatic rings. The largest absolute Gasteiger partial charge is 0.493 e. The highest BCUT2D eigenvalue weighted by Gasteiger charge is 2.33. The smallest absolute Gasteiger partial charge is 0.271 e. The van der Waals surface area contributed by atoms with Gasteiger partial charge in [-0.2, -0.15) is 5.26 Å². The van der Waals surface area contributed by atoms with Gasteiger partial charge in [-0.3, -0.25) is 9.36 Å². The highest BCUT2D eigenvalue weighted by molar-refractivity contribution is 14.1. The second-order valence-electron chi connectivity index (χ2n) is 10.7. The minimum Gasteiger partial charge on any atom is -0.493 e. The van der Waals surface area contributed by atoms with Gasteiger partial charge in [-0.25, -0.2) is 4.99 Å². The zero-order chi connectivity index (χ0) is 31.1. The molecule has 2 heterocycles. The number of nitrogens with zero attached hydrogens (tertiary/aromatic N) is 3. The van der Waals surface area contributed by atoms with Crippen molar-refractivity contribution in [3.05, 3.63) is 152 Å². The Bertz CT molecular complexity index is 2250.